The van der Waals surface area contributed by atoms with Gasteiger partial charge in [-0.25, -0.2) is 14.8 Å². The number of benzene rings is 4. The lowest BCUT2D eigenvalue weighted by Gasteiger charge is -2.19. The number of amides is 1. The van der Waals surface area contributed by atoms with Crippen molar-refractivity contribution < 1.29 is 9.53 Å². The Labute approximate surface area is 276 Å². The van der Waals surface area contributed by atoms with E-state index in [1.54, 1.807) is 0 Å². The molecule has 1 amide bonds. The molecule has 6 aromatic rings. The van der Waals surface area contributed by atoms with Crippen molar-refractivity contribution >= 4 is 38.9 Å². The number of nitrogens with zero attached hydrogens (tertiary/aromatic N) is 2. The second kappa shape index (κ2) is 12.5. The minimum atomic E-state index is -0.480. The largest absolute Gasteiger partial charge is 0.444 e. The number of fused-ring (bicyclic) bond motifs is 3. The summed E-state index contributed by atoms with van der Waals surface area (Å²) in [5, 5.41) is 5.42. The highest BCUT2D eigenvalue weighted by Crippen LogP contribution is 2.35. The predicted molar refractivity (Wildman–Crippen MR) is 191 cm³/mol. The van der Waals surface area contributed by atoms with Crippen LogP contribution in [0.1, 0.15) is 72.0 Å². The number of aryl methyl sites for hydroxylation is 2. The first-order valence-electron chi connectivity index (χ1n) is 17.1. The fourth-order valence-corrected chi connectivity index (χ4v) is 6.44. The first-order chi connectivity index (χ1) is 22.6. The number of hydrogen-bond donors (Lipinski definition) is 3. The van der Waals surface area contributed by atoms with Gasteiger partial charge in [-0.15, -0.1) is 0 Å². The number of alkyl carbamates (subject to hydrolysis) is 1. The van der Waals surface area contributed by atoms with E-state index >= 15 is 0 Å². The number of H-pyrrole nitrogens is 2. The quantitative estimate of drug-likeness (QED) is 0.141. The van der Waals surface area contributed by atoms with E-state index in [0.717, 1.165) is 71.4 Å². The summed E-state index contributed by atoms with van der Waals surface area (Å²) in [4.78, 5) is 28.8. The molecule has 7 rings (SSSR count). The molecule has 0 radical (unpaired) electrons. The zero-order chi connectivity index (χ0) is 32.7. The van der Waals surface area contributed by atoms with Gasteiger partial charge >= 0.3 is 6.09 Å². The minimum Gasteiger partial charge on any atom is -0.444 e. The number of rotatable bonds is 10. The van der Waals surface area contributed by atoms with Crippen LogP contribution in [0.4, 0.5) is 4.79 Å². The zero-order valence-corrected chi connectivity index (χ0v) is 28.1. The smallest absolute Gasteiger partial charge is 0.407 e. The van der Waals surface area contributed by atoms with Gasteiger partial charge in [0, 0.05) is 18.9 Å². The molecule has 0 bridgehead atoms. The van der Waals surface area contributed by atoms with Crippen molar-refractivity contribution in [3.63, 3.8) is 0 Å². The van der Waals surface area contributed by atoms with Crippen molar-refractivity contribution in [1.29, 1.82) is 0 Å². The van der Waals surface area contributed by atoms with E-state index in [1.165, 1.54) is 33.9 Å². The minimum absolute atomic E-state index is 0.197. The van der Waals surface area contributed by atoms with Crippen LogP contribution >= 0.6 is 0 Å². The van der Waals surface area contributed by atoms with Crippen LogP contribution in [0.15, 0.2) is 72.8 Å². The Morgan fingerprint density at radius 3 is 1.91 bits per heavy atom. The molecule has 47 heavy (non-hydrogen) atoms. The Kier molecular flexibility index (Phi) is 8.25. The number of ether oxygens (including phenoxy) is 1. The van der Waals surface area contributed by atoms with Crippen molar-refractivity contribution in [2.75, 3.05) is 0 Å². The lowest BCUT2D eigenvalue weighted by atomic mass is 9.97. The lowest BCUT2D eigenvalue weighted by Crippen LogP contribution is -2.34. The van der Waals surface area contributed by atoms with Crippen molar-refractivity contribution in [3.05, 3.63) is 84.4 Å². The SMILES string of the molecule is CC[C@H](C)CCc1nc2ccc(-c3ccc4cc(-c5ccc6nc(CC[C@H]7C[C@H]7NC(=O)OC(C)(C)C)[nH]c6c5)ccc4c3)cc2[nH]1. The van der Waals surface area contributed by atoms with E-state index in [4.69, 9.17) is 14.7 Å². The molecule has 2 heterocycles. The normalized spacial score (nSPS) is 17.0. The van der Waals surface area contributed by atoms with Crippen LogP contribution in [0.2, 0.25) is 0 Å². The van der Waals surface area contributed by atoms with Crippen LogP contribution in [-0.4, -0.2) is 37.7 Å². The zero-order valence-electron chi connectivity index (χ0n) is 28.1. The van der Waals surface area contributed by atoms with Crippen molar-refractivity contribution in [2.24, 2.45) is 11.8 Å². The van der Waals surface area contributed by atoms with Crippen LogP contribution < -0.4 is 5.32 Å². The lowest BCUT2D eigenvalue weighted by molar-refractivity contribution is 0.0521. The Hall–Kier alpha value is -4.65. The maximum atomic E-state index is 12.1. The fraction of sp³-hybridized carbons (Fsp3) is 0.375. The second-order valence-electron chi connectivity index (χ2n) is 14.4. The Morgan fingerprint density at radius 2 is 1.36 bits per heavy atom. The summed E-state index contributed by atoms with van der Waals surface area (Å²) in [6, 6.07) is 26.6. The van der Waals surface area contributed by atoms with E-state index in [2.05, 4.69) is 102 Å². The maximum absolute atomic E-state index is 12.1. The number of imidazole rings is 2. The molecular formula is C40H45N5O2. The summed E-state index contributed by atoms with van der Waals surface area (Å²) < 4.78 is 5.39. The molecule has 1 saturated carbocycles. The number of hydrogen-bond acceptors (Lipinski definition) is 4. The van der Waals surface area contributed by atoms with Crippen LogP contribution in [0.25, 0.3) is 55.1 Å². The molecule has 4 aromatic carbocycles. The van der Waals surface area contributed by atoms with Crippen molar-refractivity contribution in [3.8, 4) is 22.3 Å². The highest BCUT2D eigenvalue weighted by Gasteiger charge is 2.38. The Bertz CT molecular complexity index is 2070. The van der Waals surface area contributed by atoms with Gasteiger partial charge in [-0.2, -0.15) is 0 Å². The molecule has 7 nitrogen and oxygen atoms in total. The van der Waals surface area contributed by atoms with Crippen molar-refractivity contribution in [2.45, 2.75) is 84.8 Å². The summed E-state index contributed by atoms with van der Waals surface area (Å²) >= 11 is 0. The first kappa shape index (κ1) is 31.0. The van der Waals surface area contributed by atoms with Crippen molar-refractivity contribution in [1.82, 2.24) is 25.3 Å². The number of aromatic amines is 2. The topological polar surface area (TPSA) is 95.7 Å². The van der Waals surface area contributed by atoms with Crippen LogP contribution in [-0.2, 0) is 17.6 Å². The average Bonchev–Trinajstić information content (AvgIpc) is 3.44. The van der Waals surface area contributed by atoms with Crippen LogP contribution in [0.3, 0.4) is 0 Å². The van der Waals surface area contributed by atoms with Gasteiger partial charge in [0.1, 0.15) is 17.2 Å². The Balaban J connectivity index is 1.01. The average molecular weight is 628 g/mol. The summed E-state index contributed by atoms with van der Waals surface area (Å²) in [6.07, 6.45) is 5.85. The van der Waals surface area contributed by atoms with E-state index < -0.39 is 5.60 Å². The molecule has 0 aliphatic heterocycles. The second-order valence-corrected chi connectivity index (χ2v) is 14.4. The Morgan fingerprint density at radius 1 is 0.830 bits per heavy atom. The number of carbonyl (C=O) groups is 1. The van der Waals surface area contributed by atoms with Gasteiger partial charge < -0.3 is 20.0 Å². The van der Waals surface area contributed by atoms with E-state index in [-0.39, 0.29) is 12.1 Å². The van der Waals surface area contributed by atoms with E-state index in [9.17, 15) is 4.79 Å². The summed E-state index contributed by atoms with van der Waals surface area (Å²) in [5.74, 6) is 3.25. The van der Waals surface area contributed by atoms with Crippen LogP contribution in [0, 0.1) is 11.8 Å². The molecule has 0 spiro atoms. The summed E-state index contributed by atoms with van der Waals surface area (Å²) in [6.45, 7) is 10.2. The molecule has 3 atom stereocenters. The maximum Gasteiger partial charge on any atom is 0.407 e. The van der Waals surface area contributed by atoms with Gasteiger partial charge in [0.25, 0.3) is 0 Å². The molecule has 1 aliphatic carbocycles. The molecule has 0 saturated heterocycles. The molecular weight excluding hydrogens is 582 g/mol. The van der Waals surface area contributed by atoms with Gasteiger partial charge in [-0.3, -0.25) is 0 Å². The monoisotopic (exact) mass is 627 g/mol. The van der Waals surface area contributed by atoms with E-state index in [1.807, 2.05) is 20.8 Å². The molecule has 3 N–H and O–H groups in total. The number of carbonyl (C=O) groups excluding carboxylic acids is 1. The third-order valence-corrected chi connectivity index (χ3v) is 9.52. The highest BCUT2D eigenvalue weighted by atomic mass is 16.6. The standard InChI is InChI=1S/C40H45N5O2/c1-6-24(2)7-17-37-41-32-15-12-29(21-35(32)43-37)27-10-8-26-20-28(11-9-25(26)19-27)30-13-16-33-36(22-30)44-38(42-33)18-14-31-23-34(31)45-39(46)47-40(3,4)5/h8-13,15-16,19-22,24,31,34H,6-7,14,17-18,23H2,1-5H3,(H,41,43)(H,42,44)(H,45,46)/t24-,31-,34+/m0/s1. The molecule has 2 aromatic heterocycles. The third-order valence-electron chi connectivity index (χ3n) is 9.52. The summed E-state index contributed by atoms with van der Waals surface area (Å²) in [7, 11) is 0. The van der Waals surface area contributed by atoms with Gasteiger partial charge in [0.15, 0.2) is 0 Å². The molecule has 242 valence electrons. The molecule has 1 fully saturated rings. The van der Waals surface area contributed by atoms with Gasteiger partial charge in [0.2, 0.25) is 0 Å². The summed E-state index contributed by atoms with van der Waals surface area (Å²) in [5.41, 5.74) is 8.41. The van der Waals surface area contributed by atoms with Gasteiger partial charge in [-0.1, -0.05) is 56.7 Å². The predicted octanol–water partition coefficient (Wildman–Crippen LogP) is 9.75. The molecule has 7 heteroatoms. The molecule has 1 aliphatic rings. The third kappa shape index (κ3) is 7.19. The van der Waals surface area contributed by atoms with Gasteiger partial charge in [0.05, 0.1) is 22.1 Å². The first-order valence-corrected chi connectivity index (χ1v) is 17.1. The van der Waals surface area contributed by atoms with Gasteiger partial charge in [-0.05, 0) is 121 Å². The van der Waals surface area contributed by atoms with E-state index in [0.29, 0.717) is 11.8 Å². The fourth-order valence-electron chi connectivity index (χ4n) is 6.44. The highest BCUT2D eigenvalue weighted by molar-refractivity contribution is 5.93. The molecule has 0 unspecified atom stereocenters. The number of aromatic nitrogens is 4. The van der Waals surface area contributed by atoms with Crippen LogP contribution in [0.5, 0.6) is 0 Å². The number of nitrogens with one attached hydrogen (secondary N) is 3.